The minimum atomic E-state index is -0.872. The number of aromatic nitrogens is 1. The van der Waals surface area contributed by atoms with Gasteiger partial charge >= 0.3 is 0 Å². The SMILES string of the molecule is Cc1ccc(-c2ccc(CCc3ccc(-c4ccccn4)c(F)c3F)cc2)cc1F. The van der Waals surface area contributed by atoms with Gasteiger partial charge in [-0.25, -0.2) is 13.2 Å². The predicted molar refractivity (Wildman–Crippen MR) is 114 cm³/mol. The summed E-state index contributed by atoms with van der Waals surface area (Å²) in [5.74, 6) is -1.93. The molecule has 4 aromatic rings. The largest absolute Gasteiger partial charge is 0.256 e. The van der Waals surface area contributed by atoms with Crippen molar-refractivity contribution in [2.24, 2.45) is 0 Å². The number of rotatable bonds is 5. The number of benzene rings is 3. The first-order valence-electron chi connectivity index (χ1n) is 9.76. The molecule has 1 nitrogen and oxygen atoms in total. The van der Waals surface area contributed by atoms with Crippen LogP contribution in [0, 0.1) is 24.4 Å². The van der Waals surface area contributed by atoms with Crippen molar-refractivity contribution in [1.82, 2.24) is 4.98 Å². The summed E-state index contributed by atoms with van der Waals surface area (Å²) in [6, 6.07) is 21.2. The fourth-order valence-corrected chi connectivity index (χ4v) is 3.42. The smallest absolute Gasteiger partial charge is 0.168 e. The third-order valence-corrected chi connectivity index (χ3v) is 5.25. The lowest BCUT2D eigenvalue weighted by atomic mass is 9.98. The van der Waals surface area contributed by atoms with Crippen molar-refractivity contribution in [3.63, 3.8) is 0 Å². The van der Waals surface area contributed by atoms with Gasteiger partial charge in [-0.2, -0.15) is 0 Å². The van der Waals surface area contributed by atoms with Gasteiger partial charge < -0.3 is 0 Å². The van der Waals surface area contributed by atoms with E-state index in [-0.39, 0.29) is 11.4 Å². The minimum absolute atomic E-state index is 0.159. The summed E-state index contributed by atoms with van der Waals surface area (Å²) in [7, 11) is 0. The van der Waals surface area contributed by atoms with Crippen LogP contribution in [0.1, 0.15) is 16.7 Å². The number of aryl methyl sites for hydroxylation is 3. The summed E-state index contributed by atoms with van der Waals surface area (Å²) in [4.78, 5) is 4.09. The molecule has 0 N–H and O–H groups in total. The Kier molecular flexibility index (Phi) is 5.66. The van der Waals surface area contributed by atoms with Crippen LogP contribution >= 0.6 is 0 Å². The molecule has 150 valence electrons. The third kappa shape index (κ3) is 4.13. The molecule has 4 rings (SSSR count). The molecule has 0 aliphatic heterocycles. The van der Waals surface area contributed by atoms with Crippen molar-refractivity contribution in [3.8, 4) is 22.4 Å². The van der Waals surface area contributed by atoms with Crippen LogP contribution in [-0.4, -0.2) is 4.98 Å². The molecule has 0 saturated heterocycles. The first-order valence-corrected chi connectivity index (χ1v) is 9.76. The van der Waals surface area contributed by atoms with Gasteiger partial charge in [0.15, 0.2) is 11.6 Å². The number of pyridine rings is 1. The van der Waals surface area contributed by atoms with Crippen LogP contribution in [0.3, 0.4) is 0 Å². The second-order valence-electron chi connectivity index (χ2n) is 7.28. The van der Waals surface area contributed by atoms with Gasteiger partial charge in [-0.15, -0.1) is 0 Å². The van der Waals surface area contributed by atoms with Crippen molar-refractivity contribution < 1.29 is 13.2 Å². The summed E-state index contributed by atoms with van der Waals surface area (Å²) >= 11 is 0. The van der Waals surface area contributed by atoms with Gasteiger partial charge in [0.05, 0.1) is 5.69 Å². The molecular formula is C26H20F3N. The topological polar surface area (TPSA) is 12.9 Å². The van der Waals surface area contributed by atoms with E-state index in [9.17, 15) is 13.2 Å². The number of hydrogen-bond acceptors (Lipinski definition) is 1. The quantitative estimate of drug-likeness (QED) is 0.352. The van der Waals surface area contributed by atoms with Gasteiger partial charge in [-0.05, 0) is 71.8 Å². The maximum atomic E-state index is 14.6. The Bertz CT molecular complexity index is 1170. The van der Waals surface area contributed by atoms with E-state index in [1.165, 1.54) is 6.07 Å². The first-order chi connectivity index (χ1) is 14.5. The standard InChI is InChI=1S/C26H20F3N/c1-17-5-9-21(16-23(17)27)19-10-6-18(7-11-19)8-12-20-13-14-22(26(29)25(20)28)24-4-2-3-15-30-24/h2-7,9-11,13-16H,8,12H2,1H3. The average Bonchev–Trinajstić information content (AvgIpc) is 2.78. The van der Waals surface area contributed by atoms with E-state index < -0.39 is 11.6 Å². The number of nitrogens with zero attached hydrogens (tertiary/aromatic N) is 1. The second-order valence-corrected chi connectivity index (χ2v) is 7.28. The fourth-order valence-electron chi connectivity index (χ4n) is 3.42. The monoisotopic (exact) mass is 403 g/mol. The lowest BCUT2D eigenvalue weighted by Crippen LogP contribution is -2.00. The summed E-state index contributed by atoms with van der Waals surface area (Å²) < 4.78 is 42.9. The zero-order chi connectivity index (χ0) is 21.1. The second kappa shape index (κ2) is 8.54. The summed E-state index contributed by atoms with van der Waals surface area (Å²) in [5, 5.41) is 0. The van der Waals surface area contributed by atoms with Gasteiger partial charge in [0.1, 0.15) is 5.82 Å². The molecule has 30 heavy (non-hydrogen) atoms. The molecule has 3 aromatic carbocycles. The summed E-state index contributed by atoms with van der Waals surface area (Å²) in [5.41, 5.74) is 4.23. The van der Waals surface area contributed by atoms with E-state index in [0.29, 0.717) is 29.7 Å². The highest BCUT2D eigenvalue weighted by Crippen LogP contribution is 2.26. The molecule has 0 fully saturated rings. The van der Waals surface area contributed by atoms with E-state index in [2.05, 4.69) is 4.98 Å². The Labute approximate surface area is 173 Å². The highest BCUT2D eigenvalue weighted by Gasteiger charge is 2.15. The van der Waals surface area contributed by atoms with Crippen LogP contribution in [-0.2, 0) is 12.8 Å². The van der Waals surface area contributed by atoms with Gasteiger partial charge in [0.25, 0.3) is 0 Å². The van der Waals surface area contributed by atoms with E-state index >= 15 is 0 Å². The van der Waals surface area contributed by atoms with E-state index in [4.69, 9.17) is 0 Å². The van der Waals surface area contributed by atoms with Crippen molar-refractivity contribution >= 4 is 0 Å². The van der Waals surface area contributed by atoms with Crippen LogP contribution in [0.4, 0.5) is 13.2 Å². The van der Waals surface area contributed by atoms with Crippen LogP contribution < -0.4 is 0 Å². The van der Waals surface area contributed by atoms with E-state index in [0.717, 1.165) is 16.7 Å². The van der Waals surface area contributed by atoms with Crippen molar-refractivity contribution in [2.75, 3.05) is 0 Å². The molecule has 0 bridgehead atoms. The maximum Gasteiger partial charge on any atom is 0.168 e. The Morgan fingerprint density at radius 1 is 0.733 bits per heavy atom. The lowest BCUT2D eigenvalue weighted by Gasteiger charge is -2.09. The molecule has 1 aromatic heterocycles. The number of halogens is 3. The van der Waals surface area contributed by atoms with Crippen molar-refractivity contribution in [2.45, 2.75) is 19.8 Å². The minimum Gasteiger partial charge on any atom is -0.256 e. The zero-order valence-electron chi connectivity index (χ0n) is 16.5. The molecule has 0 spiro atoms. The molecule has 0 atom stereocenters. The van der Waals surface area contributed by atoms with Gasteiger partial charge in [-0.3, -0.25) is 4.98 Å². The maximum absolute atomic E-state index is 14.6. The van der Waals surface area contributed by atoms with Crippen LogP contribution in [0.15, 0.2) is 79.0 Å². The van der Waals surface area contributed by atoms with Crippen LogP contribution in [0.25, 0.3) is 22.4 Å². The fraction of sp³-hybridized carbons (Fsp3) is 0.115. The highest BCUT2D eigenvalue weighted by atomic mass is 19.2. The molecule has 0 radical (unpaired) electrons. The molecule has 0 aliphatic rings. The first kappa shape index (κ1) is 19.9. The molecule has 0 saturated carbocycles. The summed E-state index contributed by atoms with van der Waals surface area (Å²) in [6.07, 6.45) is 2.50. The molecule has 0 amide bonds. The zero-order valence-corrected chi connectivity index (χ0v) is 16.5. The van der Waals surface area contributed by atoms with E-state index in [1.54, 1.807) is 49.5 Å². The van der Waals surface area contributed by atoms with Gasteiger partial charge in [-0.1, -0.05) is 48.5 Å². The molecule has 0 unspecified atom stereocenters. The lowest BCUT2D eigenvalue weighted by molar-refractivity contribution is 0.500. The van der Waals surface area contributed by atoms with Gasteiger partial charge in [0.2, 0.25) is 0 Å². The summed E-state index contributed by atoms with van der Waals surface area (Å²) in [6.45, 7) is 1.73. The van der Waals surface area contributed by atoms with Gasteiger partial charge in [0, 0.05) is 11.8 Å². The molecule has 0 aliphatic carbocycles. The number of hydrogen-bond donors (Lipinski definition) is 0. The normalized spacial score (nSPS) is 10.9. The highest BCUT2D eigenvalue weighted by molar-refractivity contribution is 5.64. The molecule has 4 heteroatoms. The molecular weight excluding hydrogens is 383 g/mol. The Morgan fingerprint density at radius 2 is 1.50 bits per heavy atom. The Hall–Kier alpha value is -3.40. The van der Waals surface area contributed by atoms with Crippen LogP contribution in [0.5, 0.6) is 0 Å². The molecule has 1 heterocycles. The van der Waals surface area contributed by atoms with Crippen LogP contribution in [0.2, 0.25) is 0 Å². The van der Waals surface area contributed by atoms with Crippen molar-refractivity contribution in [3.05, 3.63) is 113 Å². The average molecular weight is 403 g/mol. The predicted octanol–water partition coefficient (Wildman–Crippen LogP) is 6.93. The van der Waals surface area contributed by atoms with E-state index in [1.807, 2.05) is 30.3 Å². The Balaban J connectivity index is 1.48. The third-order valence-electron chi connectivity index (χ3n) is 5.25. The van der Waals surface area contributed by atoms with Crippen molar-refractivity contribution in [1.29, 1.82) is 0 Å². The Morgan fingerprint density at radius 3 is 2.20 bits per heavy atom.